The van der Waals surface area contributed by atoms with Crippen molar-refractivity contribution in [2.24, 2.45) is 7.05 Å². The Hall–Kier alpha value is -1.84. The van der Waals surface area contributed by atoms with E-state index in [-0.39, 0.29) is 22.4 Å². The highest BCUT2D eigenvalue weighted by Crippen LogP contribution is 2.31. The van der Waals surface area contributed by atoms with Gasteiger partial charge < -0.3 is 4.74 Å². The summed E-state index contributed by atoms with van der Waals surface area (Å²) in [6, 6.07) is 2.74. The van der Waals surface area contributed by atoms with Crippen molar-refractivity contribution in [1.82, 2.24) is 19.1 Å². The first-order chi connectivity index (χ1) is 12.7. The monoisotopic (exact) mass is 414 g/mol. The molecule has 3 rings (SSSR count). The van der Waals surface area contributed by atoms with Crippen molar-refractivity contribution in [2.75, 3.05) is 6.61 Å². The van der Waals surface area contributed by atoms with E-state index in [9.17, 15) is 13.2 Å². The SMILES string of the molecule is CCOc1cc(C)c(Cl)cc1S(=O)(=O)NC1CCc2nn(C)c(=O)n2CC1. The third-order valence-corrected chi connectivity index (χ3v) is 6.59. The minimum Gasteiger partial charge on any atom is -0.492 e. The van der Waals surface area contributed by atoms with Gasteiger partial charge in [0.1, 0.15) is 16.5 Å². The van der Waals surface area contributed by atoms with Crippen LogP contribution >= 0.6 is 11.6 Å². The van der Waals surface area contributed by atoms with Crippen LogP contribution in [0.1, 0.15) is 31.2 Å². The highest BCUT2D eigenvalue weighted by atomic mass is 35.5. The predicted octanol–water partition coefficient (Wildman–Crippen LogP) is 1.63. The molecule has 1 atom stereocenters. The van der Waals surface area contributed by atoms with Crippen molar-refractivity contribution >= 4 is 21.6 Å². The third kappa shape index (κ3) is 4.04. The number of ether oxygens (including phenoxy) is 1. The van der Waals surface area contributed by atoms with E-state index in [4.69, 9.17) is 16.3 Å². The number of aromatic nitrogens is 3. The molecule has 1 aliphatic heterocycles. The van der Waals surface area contributed by atoms with E-state index in [0.29, 0.717) is 43.3 Å². The first kappa shape index (κ1) is 19.9. The Morgan fingerprint density at radius 2 is 2.11 bits per heavy atom. The number of rotatable bonds is 5. The van der Waals surface area contributed by atoms with E-state index in [1.165, 1.54) is 10.7 Å². The molecule has 1 aliphatic rings. The van der Waals surface area contributed by atoms with Crippen LogP contribution in [-0.4, -0.2) is 35.4 Å². The molecule has 1 aromatic heterocycles. The topological polar surface area (TPSA) is 95.2 Å². The van der Waals surface area contributed by atoms with E-state index in [1.807, 2.05) is 0 Å². The second-order valence-corrected chi connectivity index (χ2v) is 8.69. The second kappa shape index (κ2) is 7.65. The van der Waals surface area contributed by atoms with Gasteiger partial charge in [0.05, 0.1) is 6.61 Å². The Morgan fingerprint density at radius 1 is 1.37 bits per heavy atom. The van der Waals surface area contributed by atoms with E-state index in [1.54, 1.807) is 31.5 Å². The van der Waals surface area contributed by atoms with Gasteiger partial charge in [0, 0.05) is 31.1 Å². The maximum absolute atomic E-state index is 13.0. The van der Waals surface area contributed by atoms with Crippen LogP contribution in [0.5, 0.6) is 5.75 Å². The normalized spacial score (nSPS) is 17.4. The van der Waals surface area contributed by atoms with Crippen molar-refractivity contribution < 1.29 is 13.2 Å². The van der Waals surface area contributed by atoms with Crippen LogP contribution in [0, 0.1) is 6.92 Å². The molecule has 0 radical (unpaired) electrons. The molecule has 2 aromatic rings. The minimum atomic E-state index is -3.83. The highest BCUT2D eigenvalue weighted by Gasteiger charge is 2.27. The Kier molecular flexibility index (Phi) is 5.64. The van der Waals surface area contributed by atoms with Crippen LogP contribution in [0.4, 0.5) is 0 Å². The van der Waals surface area contributed by atoms with Crippen LogP contribution in [-0.2, 0) is 30.0 Å². The summed E-state index contributed by atoms with van der Waals surface area (Å²) < 4.78 is 37.1. The summed E-state index contributed by atoms with van der Waals surface area (Å²) >= 11 is 6.14. The molecule has 148 valence electrons. The van der Waals surface area contributed by atoms with Crippen LogP contribution in [0.15, 0.2) is 21.8 Å². The zero-order valence-electron chi connectivity index (χ0n) is 15.5. The summed E-state index contributed by atoms with van der Waals surface area (Å²) in [7, 11) is -2.22. The molecule has 0 amide bonds. The van der Waals surface area contributed by atoms with Crippen molar-refractivity contribution in [1.29, 1.82) is 0 Å². The maximum Gasteiger partial charge on any atom is 0.345 e. The second-order valence-electron chi connectivity index (χ2n) is 6.60. The lowest BCUT2D eigenvalue weighted by atomic mass is 10.1. The number of benzene rings is 1. The van der Waals surface area contributed by atoms with Gasteiger partial charge in [-0.3, -0.25) is 4.57 Å². The number of nitrogens with zero attached hydrogens (tertiary/aromatic N) is 3. The van der Waals surface area contributed by atoms with Gasteiger partial charge in [0.25, 0.3) is 0 Å². The fourth-order valence-electron chi connectivity index (χ4n) is 3.21. The van der Waals surface area contributed by atoms with Crippen LogP contribution in [0.3, 0.4) is 0 Å². The summed E-state index contributed by atoms with van der Waals surface area (Å²) in [4.78, 5) is 12.1. The number of hydrogen-bond acceptors (Lipinski definition) is 5. The molecule has 0 aliphatic carbocycles. The van der Waals surface area contributed by atoms with E-state index in [2.05, 4.69) is 9.82 Å². The van der Waals surface area contributed by atoms with E-state index < -0.39 is 10.0 Å². The van der Waals surface area contributed by atoms with E-state index >= 15 is 0 Å². The molecular formula is C17H23ClN4O4S. The molecule has 0 fully saturated rings. The average Bonchev–Trinajstić information content (AvgIpc) is 2.75. The number of sulfonamides is 1. The van der Waals surface area contributed by atoms with Crippen molar-refractivity contribution in [3.63, 3.8) is 0 Å². The van der Waals surface area contributed by atoms with Crippen LogP contribution in [0.2, 0.25) is 5.02 Å². The van der Waals surface area contributed by atoms with E-state index in [0.717, 1.165) is 5.56 Å². The Morgan fingerprint density at radius 3 is 2.81 bits per heavy atom. The average molecular weight is 415 g/mol. The molecule has 8 nitrogen and oxygen atoms in total. The van der Waals surface area contributed by atoms with Crippen LogP contribution < -0.4 is 15.1 Å². The van der Waals surface area contributed by atoms with Gasteiger partial charge in [0.15, 0.2) is 0 Å². The maximum atomic E-state index is 13.0. The quantitative estimate of drug-likeness (QED) is 0.802. The first-order valence-corrected chi connectivity index (χ1v) is 10.7. The highest BCUT2D eigenvalue weighted by molar-refractivity contribution is 7.89. The zero-order valence-corrected chi connectivity index (χ0v) is 17.1. The minimum absolute atomic E-state index is 0.0258. The standard InChI is InChI=1S/C17H23ClN4O4S/c1-4-26-14-9-11(2)13(18)10-15(14)27(24,25)20-12-5-6-16-19-21(3)17(23)22(16)8-7-12/h9-10,12,20H,4-8H2,1-3H3. The lowest BCUT2D eigenvalue weighted by Gasteiger charge is -2.18. The Bertz CT molecular complexity index is 1010. The summed E-state index contributed by atoms with van der Waals surface area (Å²) in [6.45, 7) is 4.35. The summed E-state index contributed by atoms with van der Waals surface area (Å²) in [5, 5.41) is 4.58. The molecular weight excluding hydrogens is 392 g/mol. The molecule has 0 saturated carbocycles. The summed E-state index contributed by atoms with van der Waals surface area (Å²) in [5.41, 5.74) is 0.562. The Balaban J connectivity index is 1.83. The zero-order chi connectivity index (χ0) is 19.8. The van der Waals surface area contributed by atoms with Crippen molar-refractivity contribution in [2.45, 2.75) is 50.6 Å². The van der Waals surface area contributed by atoms with Gasteiger partial charge in [-0.25, -0.2) is 22.6 Å². The van der Waals surface area contributed by atoms with Gasteiger partial charge in [0.2, 0.25) is 10.0 Å². The number of halogens is 1. The number of fused-ring (bicyclic) bond motifs is 1. The number of aryl methyl sites for hydroxylation is 3. The van der Waals surface area contributed by atoms with Crippen molar-refractivity contribution in [3.8, 4) is 5.75 Å². The molecule has 0 saturated heterocycles. The third-order valence-electron chi connectivity index (χ3n) is 4.64. The largest absolute Gasteiger partial charge is 0.492 e. The van der Waals surface area contributed by atoms with Gasteiger partial charge in [-0.1, -0.05) is 11.6 Å². The molecule has 0 bridgehead atoms. The molecule has 1 aromatic carbocycles. The molecule has 1 unspecified atom stereocenters. The fourth-order valence-corrected chi connectivity index (χ4v) is 4.90. The molecule has 2 heterocycles. The first-order valence-electron chi connectivity index (χ1n) is 8.81. The smallest absolute Gasteiger partial charge is 0.345 e. The number of hydrogen-bond donors (Lipinski definition) is 1. The summed E-state index contributed by atoms with van der Waals surface area (Å²) in [6.07, 6.45) is 1.58. The fraction of sp³-hybridized carbons (Fsp3) is 0.529. The molecule has 10 heteroatoms. The van der Waals surface area contributed by atoms with Crippen LogP contribution in [0.25, 0.3) is 0 Å². The molecule has 1 N–H and O–H groups in total. The molecule has 27 heavy (non-hydrogen) atoms. The predicted molar refractivity (Wildman–Crippen MR) is 102 cm³/mol. The van der Waals surface area contributed by atoms with Gasteiger partial charge in [-0.15, -0.1) is 0 Å². The molecule has 0 spiro atoms. The van der Waals surface area contributed by atoms with Crippen molar-refractivity contribution in [3.05, 3.63) is 39.0 Å². The number of nitrogens with one attached hydrogen (secondary N) is 1. The van der Waals surface area contributed by atoms with Gasteiger partial charge in [-0.05, 0) is 44.4 Å². The Labute approximate surface area is 163 Å². The van der Waals surface area contributed by atoms with Gasteiger partial charge in [-0.2, -0.15) is 5.10 Å². The lowest BCUT2D eigenvalue weighted by molar-refractivity contribution is 0.330. The van der Waals surface area contributed by atoms with Gasteiger partial charge >= 0.3 is 5.69 Å². The lowest BCUT2D eigenvalue weighted by Crippen LogP contribution is -2.36. The summed E-state index contributed by atoms with van der Waals surface area (Å²) in [5.74, 6) is 0.958.